The molecule has 5 nitrogen and oxygen atoms in total. The molecule has 1 atom stereocenters. The first-order valence-electron chi connectivity index (χ1n) is 9.47. The third-order valence-electron chi connectivity index (χ3n) is 4.16. The van der Waals surface area contributed by atoms with Crippen LogP contribution in [0, 0.1) is 0 Å². The molecule has 3 N–H and O–H groups in total. The molecule has 30 heavy (non-hydrogen) atoms. The molecule has 0 aliphatic carbocycles. The summed E-state index contributed by atoms with van der Waals surface area (Å²) in [6.45, 7) is 9.52. The number of nitrogens with zero attached hydrogens (tertiary/aromatic N) is 2. The van der Waals surface area contributed by atoms with Gasteiger partial charge < -0.3 is 16.0 Å². The van der Waals surface area contributed by atoms with Gasteiger partial charge in [0.25, 0.3) is 0 Å². The van der Waals surface area contributed by atoms with Gasteiger partial charge in [-0.05, 0) is 33.3 Å². The molecule has 0 aliphatic rings. The number of benzene rings is 1. The number of hydrogen-bond acceptors (Lipinski definition) is 4. The Labute approximate surface area is 197 Å². The predicted molar refractivity (Wildman–Crippen MR) is 127 cm³/mol. The molecule has 1 heterocycles. The van der Waals surface area contributed by atoms with Crippen LogP contribution in [0.3, 0.4) is 0 Å². The molecule has 0 saturated carbocycles. The molecule has 0 radical (unpaired) electrons. The van der Waals surface area contributed by atoms with Crippen LogP contribution in [0.4, 0.5) is 13.2 Å². The Balaban J connectivity index is 0.00000450. The molecule has 10 heteroatoms. The van der Waals surface area contributed by atoms with Crippen LogP contribution >= 0.6 is 35.3 Å². The lowest BCUT2D eigenvalue weighted by Gasteiger charge is -2.31. The van der Waals surface area contributed by atoms with Crippen molar-refractivity contribution in [3.8, 4) is 0 Å². The zero-order valence-electron chi connectivity index (χ0n) is 17.5. The molecule has 2 rings (SSSR count). The zero-order valence-corrected chi connectivity index (χ0v) is 20.7. The van der Waals surface area contributed by atoms with Crippen molar-refractivity contribution < 1.29 is 13.2 Å². The van der Waals surface area contributed by atoms with Crippen LogP contribution in [-0.2, 0) is 12.7 Å². The van der Waals surface area contributed by atoms with Crippen LogP contribution in [-0.4, -0.2) is 29.6 Å². The van der Waals surface area contributed by atoms with E-state index in [2.05, 4.69) is 58.8 Å². The molecular formula is C20H29F3IN5S. The summed E-state index contributed by atoms with van der Waals surface area (Å²) in [6, 6.07) is 10.3. The summed E-state index contributed by atoms with van der Waals surface area (Å²) in [5.41, 5.74) is 0.0899. The maximum Gasteiger partial charge on any atom is 0.434 e. The van der Waals surface area contributed by atoms with Gasteiger partial charge in [0, 0.05) is 30.1 Å². The minimum absolute atomic E-state index is 0. The Morgan fingerprint density at radius 1 is 1.17 bits per heavy atom. The summed E-state index contributed by atoms with van der Waals surface area (Å²) in [5.74, 6) is 0.540. The summed E-state index contributed by atoms with van der Waals surface area (Å²) in [4.78, 5) is 7.98. The molecule has 0 saturated heterocycles. The van der Waals surface area contributed by atoms with E-state index >= 15 is 0 Å². The van der Waals surface area contributed by atoms with Gasteiger partial charge in [-0.2, -0.15) is 13.2 Å². The van der Waals surface area contributed by atoms with Gasteiger partial charge >= 0.3 is 6.18 Å². The molecule has 168 valence electrons. The average molecular weight is 555 g/mol. The molecular weight excluding hydrogens is 526 g/mol. The predicted octanol–water partition coefficient (Wildman–Crippen LogP) is 4.96. The Morgan fingerprint density at radius 2 is 1.83 bits per heavy atom. The maximum absolute atomic E-state index is 12.7. The number of rotatable bonds is 8. The first kappa shape index (κ1) is 26.6. The first-order valence-corrected chi connectivity index (χ1v) is 10.3. The molecule has 0 bridgehead atoms. The molecule has 1 unspecified atom stereocenters. The van der Waals surface area contributed by atoms with Crippen molar-refractivity contribution >= 4 is 41.3 Å². The van der Waals surface area contributed by atoms with E-state index in [0.29, 0.717) is 24.1 Å². The number of aromatic nitrogens is 1. The fourth-order valence-corrected chi connectivity index (χ4v) is 3.49. The summed E-state index contributed by atoms with van der Waals surface area (Å²) >= 11 is 0.960. The Bertz CT molecular complexity index is 793. The molecule has 0 amide bonds. The third-order valence-corrected chi connectivity index (χ3v) is 5.00. The molecule has 0 aliphatic heterocycles. The number of aliphatic imine (C=N–C) groups is 1. The second-order valence-corrected chi connectivity index (χ2v) is 8.28. The lowest BCUT2D eigenvalue weighted by atomic mass is 10.0. The Morgan fingerprint density at radius 3 is 2.40 bits per heavy atom. The second-order valence-electron chi connectivity index (χ2n) is 7.33. The number of thiazole rings is 1. The molecule has 0 spiro atoms. The standard InChI is InChI=1S/C20H28F3N5S.HI/c1-5-24-18(25-11-17-27-16(12-29-17)20(21,22)23)26-13-19(3,4)28-14(2)15-9-7-6-8-10-15;/h6-10,12,14,28H,5,11,13H2,1-4H3,(H2,24,25,26);1H. The fraction of sp³-hybridized carbons (Fsp3) is 0.500. The van der Waals surface area contributed by atoms with E-state index in [1.807, 2.05) is 25.1 Å². The normalized spacial score (nSPS) is 13.5. The topological polar surface area (TPSA) is 61.3 Å². The fourth-order valence-electron chi connectivity index (χ4n) is 2.77. The van der Waals surface area contributed by atoms with E-state index < -0.39 is 11.9 Å². The quantitative estimate of drug-likeness (QED) is 0.245. The van der Waals surface area contributed by atoms with Crippen molar-refractivity contribution in [2.45, 2.75) is 52.0 Å². The van der Waals surface area contributed by atoms with Crippen LogP contribution in [0.2, 0.25) is 0 Å². The van der Waals surface area contributed by atoms with E-state index in [9.17, 15) is 13.2 Å². The van der Waals surface area contributed by atoms with E-state index in [0.717, 1.165) is 16.7 Å². The summed E-state index contributed by atoms with van der Waals surface area (Å²) in [5, 5.41) is 11.3. The number of nitrogens with one attached hydrogen (secondary N) is 3. The van der Waals surface area contributed by atoms with Gasteiger partial charge in [-0.3, -0.25) is 0 Å². The SMILES string of the molecule is CCNC(=NCc1nc(C(F)(F)F)cs1)NCC(C)(C)NC(C)c1ccccc1.I. The van der Waals surface area contributed by atoms with Crippen LogP contribution in [0.25, 0.3) is 0 Å². The monoisotopic (exact) mass is 555 g/mol. The van der Waals surface area contributed by atoms with Crippen LogP contribution in [0.15, 0.2) is 40.7 Å². The highest BCUT2D eigenvalue weighted by Crippen LogP contribution is 2.30. The highest BCUT2D eigenvalue weighted by atomic mass is 127. The van der Waals surface area contributed by atoms with Gasteiger partial charge in [-0.25, -0.2) is 9.98 Å². The molecule has 1 aromatic carbocycles. The van der Waals surface area contributed by atoms with Crippen molar-refractivity contribution in [3.05, 3.63) is 52.0 Å². The van der Waals surface area contributed by atoms with Crippen molar-refractivity contribution in [2.75, 3.05) is 13.1 Å². The highest BCUT2D eigenvalue weighted by molar-refractivity contribution is 14.0. The van der Waals surface area contributed by atoms with Crippen molar-refractivity contribution in [3.63, 3.8) is 0 Å². The largest absolute Gasteiger partial charge is 0.434 e. The van der Waals surface area contributed by atoms with Gasteiger partial charge in [0.2, 0.25) is 0 Å². The minimum Gasteiger partial charge on any atom is -0.357 e. The molecule has 0 fully saturated rings. The van der Waals surface area contributed by atoms with Crippen molar-refractivity contribution in [2.24, 2.45) is 4.99 Å². The Hall–Kier alpha value is -1.40. The van der Waals surface area contributed by atoms with Gasteiger partial charge in [0.1, 0.15) is 5.01 Å². The first-order chi connectivity index (χ1) is 13.6. The Kier molecular flexibility index (Phi) is 10.5. The van der Waals surface area contributed by atoms with Crippen molar-refractivity contribution in [1.29, 1.82) is 0 Å². The number of hydrogen-bond donors (Lipinski definition) is 3. The minimum atomic E-state index is -4.42. The van der Waals surface area contributed by atoms with E-state index in [1.165, 1.54) is 5.56 Å². The van der Waals surface area contributed by atoms with E-state index in [1.54, 1.807) is 0 Å². The molecule has 2 aromatic rings. The van der Waals surface area contributed by atoms with E-state index in [-0.39, 0.29) is 42.1 Å². The number of halogens is 4. The highest BCUT2D eigenvalue weighted by Gasteiger charge is 2.33. The van der Waals surface area contributed by atoms with Gasteiger partial charge in [0.05, 0.1) is 6.54 Å². The maximum atomic E-state index is 12.7. The smallest absolute Gasteiger partial charge is 0.357 e. The summed E-state index contributed by atoms with van der Waals surface area (Å²) < 4.78 is 38.0. The van der Waals surface area contributed by atoms with Crippen molar-refractivity contribution in [1.82, 2.24) is 20.9 Å². The lowest BCUT2D eigenvalue weighted by Crippen LogP contribution is -2.52. The molecule has 1 aromatic heterocycles. The number of alkyl halides is 3. The van der Waals surface area contributed by atoms with Gasteiger partial charge in [-0.1, -0.05) is 30.3 Å². The van der Waals surface area contributed by atoms with Gasteiger partial charge in [-0.15, -0.1) is 35.3 Å². The summed E-state index contributed by atoms with van der Waals surface area (Å²) in [6.07, 6.45) is -4.42. The zero-order chi connectivity index (χ0) is 21.5. The van der Waals surface area contributed by atoms with Crippen LogP contribution < -0.4 is 16.0 Å². The van der Waals surface area contributed by atoms with E-state index in [4.69, 9.17) is 0 Å². The van der Waals surface area contributed by atoms with Crippen LogP contribution in [0.5, 0.6) is 0 Å². The van der Waals surface area contributed by atoms with Crippen LogP contribution in [0.1, 0.15) is 50.0 Å². The second kappa shape index (κ2) is 11.8. The average Bonchev–Trinajstić information content (AvgIpc) is 3.14. The van der Waals surface area contributed by atoms with Gasteiger partial charge in [0.15, 0.2) is 11.7 Å². The summed E-state index contributed by atoms with van der Waals surface area (Å²) in [7, 11) is 0. The third kappa shape index (κ3) is 8.76. The lowest BCUT2D eigenvalue weighted by molar-refractivity contribution is -0.140. The number of guanidine groups is 1.